The van der Waals surface area contributed by atoms with Crippen LogP contribution in [-0.2, 0) is 22.3 Å². The Labute approximate surface area is 226 Å². The number of thioether (sulfide) groups is 1. The number of nitrogens with one attached hydrogen (secondary N) is 2. The molecule has 13 heteroatoms. The fraction of sp³-hybridized carbons (Fsp3) is 0.280. The highest BCUT2D eigenvalue weighted by Gasteiger charge is 2.33. The van der Waals surface area contributed by atoms with Crippen LogP contribution in [0.25, 0.3) is 6.08 Å². The van der Waals surface area contributed by atoms with Gasteiger partial charge in [-0.15, -0.1) is 0 Å². The lowest BCUT2D eigenvalue weighted by molar-refractivity contribution is -0.138. The standard InChI is InChI=1S/C25H24ClF3N6O2S/c26-18-3-2-16(19(11-18)25(27,28)29)13-32-20-4-1-15(9-17(20)12-30)10-21-23(37)33-24(38-21)35-7-5-34(6-8-35)14-22(31)36/h1-4,9-12,30,32H,5-8,13-14H2,(H2,31,36)/b21-10-,30-12?. The predicted molar refractivity (Wildman–Crippen MR) is 143 cm³/mol. The van der Waals surface area contributed by atoms with Crippen molar-refractivity contribution in [1.82, 2.24) is 9.80 Å². The number of primary amides is 1. The molecule has 4 N–H and O–H groups in total. The molecule has 0 bridgehead atoms. The number of hydrogen-bond donors (Lipinski definition) is 3. The summed E-state index contributed by atoms with van der Waals surface area (Å²) in [5, 5.41) is 11.3. The summed E-state index contributed by atoms with van der Waals surface area (Å²) >= 11 is 7.00. The monoisotopic (exact) mass is 564 g/mol. The molecule has 38 heavy (non-hydrogen) atoms. The van der Waals surface area contributed by atoms with Crippen molar-refractivity contribution in [2.24, 2.45) is 10.7 Å². The number of carbonyl (C=O) groups excluding carboxylic acids is 2. The Morgan fingerprint density at radius 1 is 1.18 bits per heavy atom. The molecule has 0 saturated carbocycles. The van der Waals surface area contributed by atoms with E-state index < -0.39 is 11.7 Å². The van der Waals surface area contributed by atoms with Gasteiger partial charge in [-0.25, -0.2) is 0 Å². The van der Waals surface area contributed by atoms with Crippen LogP contribution < -0.4 is 11.1 Å². The summed E-state index contributed by atoms with van der Waals surface area (Å²) in [4.78, 5) is 32.2. The van der Waals surface area contributed by atoms with Crippen LogP contribution in [0, 0.1) is 5.41 Å². The van der Waals surface area contributed by atoms with Gasteiger partial charge in [0.2, 0.25) is 5.91 Å². The van der Waals surface area contributed by atoms with Gasteiger partial charge in [0, 0.05) is 55.2 Å². The number of hydrogen-bond acceptors (Lipinski definition) is 7. The lowest BCUT2D eigenvalue weighted by Crippen LogP contribution is -2.49. The molecule has 0 aromatic heterocycles. The molecule has 2 aliphatic rings. The van der Waals surface area contributed by atoms with E-state index in [1.165, 1.54) is 23.9 Å². The molecule has 2 heterocycles. The van der Waals surface area contributed by atoms with E-state index in [0.717, 1.165) is 12.3 Å². The van der Waals surface area contributed by atoms with Crippen molar-refractivity contribution in [3.05, 3.63) is 68.6 Å². The maximum atomic E-state index is 13.4. The van der Waals surface area contributed by atoms with Gasteiger partial charge in [-0.2, -0.15) is 18.2 Å². The van der Waals surface area contributed by atoms with Crippen molar-refractivity contribution in [2.45, 2.75) is 12.7 Å². The molecule has 2 aromatic rings. The van der Waals surface area contributed by atoms with Crippen molar-refractivity contribution in [1.29, 1.82) is 5.41 Å². The van der Waals surface area contributed by atoms with E-state index in [9.17, 15) is 22.8 Å². The summed E-state index contributed by atoms with van der Waals surface area (Å²) in [5.74, 6) is -0.751. The Balaban J connectivity index is 1.43. The number of halogens is 4. The zero-order valence-electron chi connectivity index (χ0n) is 20.0. The van der Waals surface area contributed by atoms with Gasteiger partial charge in [0.25, 0.3) is 5.91 Å². The van der Waals surface area contributed by atoms with Crippen molar-refractivity contribution in [3.8, 4) is 0 Å². The SMILES string of the molecule is N=Cc1cc(/C=C2\SC(N3CCN(CC(N)=O)CC3)=NC2=O)ccc1NCc1ccc(Cl)cc1C(F)(F)F. The molecule has 1 saturated heterocycles. The summed E-state index contributed by atoms with van der Waals surface area (Å²) < 4.78 is 40.2. The number of anilines is 1. The highest BCUT2D eigenvalue weighted by Crippen LogP contribution is 2.35. The van der Waals surface area contributed by atoms with Gasteiger partial charge >= 0.3 is 6.18 Å². The average Bonchev–Trinajstić information content (AvgIpc) is 3.23. The summed E-state index contributed by atoms with van der Waals surface area (Å²) in [6.45, 7) is 2.57. The van der Waals surface area contributed by atoms with Gasteiger partial charge in [0.15, 0.2) is 5.17 Å². The summed E-state index contributed by atoms with van der Waals surface area (Å²) in [6.07, 6.45) is -1.79. The molecular weight excluding hydrogens is 541 g/mol. The lowest BCUT2D eigenvalue weighted by atomic mass is 10.1. The van der Waals surface area contributed by atoms with Crippen LogP contribution >= 0.6 is 23.4 Å². The molecule has 2 amide bonds. The first kappa shape index (κ1) is 27.7. The maximum absolute atomic E-state index is 13.4. The number of benzene rings is 2. The number of aliphatic imine (C=N–C) groups is 1. The normalized spacial score (nSPS) is 17.6. The molecule has 2 aromatic carbocycles. The number of amidine groups is 1. The molecule has 200 valence electrons. The Hall–Kier alpha value is -3.35. The van der Waals surface area contributed by atoms with Crippen LogP contribution in [0.5, 0.6) is 0 Å². The van der Waals surface area contributed by atoms with E-state index in [1.54, 1.807) is 24.3 Å². The Kier molecular flexibility index (Phi) is 8.44. The first-order valence-electron chi connectivity index (χ1n) is 11.6. The van der Waals surface area contributed by atoms with E-state index in [1.807, 2.05) is 9.80 Å². The largest absolute Gasteiger partial charge is 0.416 e. The average molecular weight is 565 g/mol. The molecule has 1 fully saturated rings. The van der Waals surface area contributed by atoms with Crippen molar-refractivity contribution < 1.29 is 22.8 Å². The second-order valence-electron chi connectivity index (χ2n) is 8.68. The number of alkyl halides is 3. The molecule has 0 aliphatic carbocycles. The van der Waals surface area contributed by atoms with Crippen molar-refractivity contribution in [2.75, 3.05) is 38.0 Å². The van der Waals surface area contributed by atoms with Gasteiger partial charge in [-0.05, 0) is 53.2 Å². The van der Waals surface area contributed by atoms with Crippen molar-refractivity contribution in [3.63, 3.8) is 0 Å². The van der Waals surface area contributed by atoms with Gasteiger partial charge in [-0.1, -0.05) is 23.7 Å². The van der Waals surface area contributed by atoms with Crippen LogP contribution in [0.4, 0.5) is 18.9 Å². The molecule has 0 unspecified atom stereocenters. The number of amides is 2. The highest BCUT2D eigenvalue weighted by molar-refractivity contribution is 8.18. The number of nitrogens with zero attached hydrogens (tertiary/aromatic N) is 3. The summed E-state index contributed by atoms with van der Waals surface area (Å²) in [5.41, 5.74) is 6.03. The minimum atomic E-state index is -4.55. The highest BCUT2D eigenvalue weighted by atomic mass is 35.5. The van der Waals surface area contributed by atoms with E-state index in [0.29, 0.717) is 53.1 Å². The Morgan fingerprint density at radius 3 is 2.58 bits per heavy atom. The number of nitrogens with two attached hydrogens (primary N) is 1. The van der Waals surface area contributed by atoms with Gasteiger partial charge < -0.3 is 21.4 Å². The molecule has 0 radical (unpaired) electrons. The van der Waals surface area contributed by atoms with Gasteiger partial charge in [0.1, 0.15) is 0 Å². The summed E-state index contributed by atoms with van der Waals surface area (Å²) in [6, 6.07) is 8.64. The van der Waals surface area contributed by atoms with E-state index in [-0.39, 0.29) is 35.5 Å². The third kappa shape index (κ3) is 6.74. The molecule has 4 rings (SSSR count). The smallest absolute Gasteiger partial charge is 0.380 e. The molecular formula is C25H24ClF3N6O2S. The van der Waals surface area contributed by atoms with Crippen LogP contribution in [0.3, 0.4) is 0 Å². The minimum absolute atomic E-state index is 0.00421. The fourth-order valence-corrected chi connectivity index (χ4v) is 5.25. The quantitative estimate of drug-likeness (QED) is 0.345. The minimum Gasteiger partial charge on any atom is -0.380 e. The number of piperazine rings is 1. The van der Waals surface area contributed by atoms with E-state index >= 15 is 0 Å². The topological polar surface area (TPSA) is 115 Å². The number of carbonyl (C=O) groups is 2. The lowest BCUT2D eigenvalue weighted by Gasteiger charge is -2.34. The third-order valence-electron chi connectivity index (χ3n) is 6.01. The summed E-state index contributed by atoms with van der Waals surface area (Å²) in [7, 11) is 0. The van der Waals surface area contributed by atoms with Crippen LogP contribution in [0.2, 0.25) is 5.02 Å². The van der Waals surface area contributed by atoms with Crippen LogP contribution in [0.15, 0.2) is 46.3 Å². The van der Waals surface area contributed by atoms with Gasteiger partial charge in [-0.3, -0.25) is 14.5 Å². The molecule has 8 nitrogen and oxygen atoms in total. The Bertz CT molecular complexity index is 1320. The molecule has 0 spiro atoms. The Morgan fingerprint density at radius 2 is 1.92 bits per heavy atom. The zero-order valence-corrected chi connectivity index (χ0v) is 21.6. The molecule has 0 atom stereocenters. The molecule has 2 aliphatic heterocycles. The van der Waals surface area contributed by atoms with Gasteiger partial charge in [0.05, 0.1) is 17.0 Å². The first-order chi connectivity index (χ1) is 18.0. The first-order valence-corrected chi connectivity index (χ1v) is 12.7. The van der Waals surface area contributed by atoms with Crippen LogP contribution in [-0.4, -0.2) is 65.7 Å². The predicted octanol–water partition coefficient (Wildman–Crippen LogP) is 4.04. The van der Waals surface area contributed by atoms with Crippen LogP contribution in [0.1, 0.15) is 22.3 Å². The number of rotatable bonds is 7. The third-order valence-corrected chi connectivity index (χ3v) is 7.29. The fourth-order valence-electron chi connectivity index (χ4n) is 4.11. The second kappa shape index (κ2) is 11.6. The second-order valence-corrected chi connectivity index (χ2v) is 10.1. The van der Waals surface area contributed by atoms with E-state index in [4.69, 9.17) is 22.7 Å². The zero-order chi connectivity index (χ0) is 27.4. The maximum Gasteiger partial charge on any atom is 0.416 e. The van der Waals surface area contributed by atoms with E-state index in [2.05, 4.69) is 10.3 Å². The van der Waals surface area contributed by atoms with Crippen molar-refractivity contribution >= 4 is 58.3 Å².